The number of unbranched alkanes of at least 4 members (excludes halogenated alkanes) is 1. The topological polar surface area (TPSA) is 41.5 Å². The fraction of sp³-hybridized carbons (Fsp3) is 0.500. The second-order valence-corrected chi connectivity index (χ2v) is 4.10. The minimum absolute atomic E-state index is 0.230. The van der Waals surface area contributed by atoms with Gasteiger partial charge in [0.15, 0.2) is 0 Å². The van der Waals surface area contributed by atoms with Crippen LogP contribution < -0.4 is 10.1 Å². The molecule has 0 saturated carbocycles. The lowest BCUT2D eigenvalue weighted by Crippen LogP contribution is -2.04. The summed E-state index contributed by atoms with van der Waals surface area (Å²) in [7, 11) is 1.65. The van der Waals surface area contributed by atoms with Crippen LogP contribution in [-0.4, -0.2) is 25.4 Å². The maximum Gasteiger partial charge on any atom is 0.144 e. The molecule has 16 heavy (non-hydrogen) atoms. The van der Waals surface area contributed by atoms with E-state index in [2.05, 4.69) is 5.32 Å². The number of hydrogen-bond donors (Lipinski definition) is 2. The molecule has 1 aromatic rings. The zero-order chi connectivity index (χ0) is 12.0. The number of methoxy groups -OCH3 is 1. The number of anilines is 1. The molecule has 2 N–H and O–H groups in total. The number of hydrogen-bond acceptors (Lipinski definition) is 3. The van der Waals surface area contributed by atoms with Crippen molar-refractivity contribution in [2.45, 2.75) is 19.8 Å². The van der Waals surface area contributed by atoms with Gasteiger partial charge in [-0.1, -0.05) is 11.6 Å². The highest BCUT2D eigenvalue weighted by molar-refractivity contribution is 6.31. The van der Waals surface area contributed by atoms with Crippen LogP contribution >= 0.6 is 11.6 Å². The molecule has 0 aliphatic rings. The van der Waals surface area contributed by atoms with Crippen LogP contribution in [0.5, 0.6) is 5.75 Å². The van der Waals surface area contributed by atoms with Gasteiger partial charge in [-0.05, 0) is 37.5 Å². The predicted octanol–water partition coefficient (Wildman–Crippen LogP) is 2.84. The summed E-state index contributed by atoms with van der Waals surface area (Å²) in [6.45, 7) is 2.99. The summed E-state index contributed by atoms with van der Waals surface area (Å²) in [6, 6.07) is 3.73. The molecule has 0 radical (unpaired) electrons. The van der Waals surface area contributed by atoms with Crippen molar-refractivity contribution in [2.75, 3.05) is 25.6 Å². The third-order valence-electron chi connectivity index (χ3n) is 2.34. The maximum atomic E-state index is 8.68. The van der Waals surface area contributed by atoms with Crippen molar-refractivity contribution in [1.82, 2.24) is 0 Å². The second kappa shape index (κ2) is 6.61. The average Bonchev–Trinajstić information content (AvgIpc) is 2.24. The normalized spacial score (nSPS) is 10.2. The third kappa shape index (κ3) is 3.58. The van der Waals surface area contributed by atoms with Gasteiger partial charge in [-0.25, -0.2) is 0 Å². The summed E-state index contributed by atoms with van der Waals surface area (Å²) in [5, 5.41) is 12.6. The van der Waals surface area contributed by atoms with Crippen LogP contribution in [0.2, 0.25) is 5.02 Å². The van der Waals surface area contributed by atoms with E-state index in [1.165, 1.54) is 0 Å². The minimum atomic E-state index is 0.230. The number of nitrogens with one attached hydrogen (secondary N) is 1. The van der Waals surface area contributed by atoms with Crippen molar-refractivity contribution in [2.24, 2.45) is 0 Å². The number of aliphatic hydroxyl groups excluding tert-OH is 1. The molecule has 0 fully saturated rings. The minimum Gasteiger partial charge on any atom is -0.494 e. The fourth-order valence-corrected chi connectivity index (χ4v) is 1.86. The molecule has 0 heterocycles. The van der Waals surface area contributed by atoms with Gasteiger partial charge in [-0.3, -0.25) is 0 Å². The predicted molar refractivity (Wildman–Crippen MR) is 67.6 cm³/mol. The van der Waals surface area contributed by atoms with Crippen LogP contribution in [0, 0.1) is 6.92 Å². The molecule has 0 aromatic heterocycles. The van der Waals surface area contributed by atoms with Crippen molar-refractivity contribution in [3.63, 3.8) is 0 Å². The molecule has 0 spiro atoms. The summed E-state index contributed by atoms with van der Waals surface area (Å²) < 4.78 is 5.32. The Balaban J connectivity index is 2.69. The Bertz CT molecular complexity index is 342. The average molecular weight is 244 g/mol. The highest BCUT2D eigenvalue weighted by Gasteiger charge is 2.07. The maximum absolute atomic E-state index is 8.68. The van der Waals surface area contributed by atoms with E-state index in [-0.39, 0.29) is 6.61 Å². The highest BCUT2D eigenvalue weighted by atomic mass is 35.5. The van der Waals surface area contributed by atoms with E-state index in [0.29, 0.717) is 5.02 Å². The van der Waals surface area contributed by atoms with Gasteiger partial charge in [0.2, 0.25) is 0 Å². The molecule has 0 bridgehead atoms. The van der Waals surface area contributed by atoms with Gasteiger partial charge in [0.05, 0.1) is 12.8 Å². The largest absolute Gasteiger partial charge is 0.494 e. The van der Waals surface area contributed by atoms with E-state index in [9.17, 15) is 0 Å². The SMILES string of the molecule is COc1c(C)cc(Cl)cc1NCCCCO. The summed E-state index contributed by atoms with van der Waals surface area (Å²) in [5.74, 6) is 0.827. The Labute approximate surface area is 101 Å². The van der Waals surface area contributed by atoms with Gasteiger partial charge in [0, 0.05) is 18.2 Å². The lowest BCUT2D eigenvalue weighted by atomic mass is 10.2. The Morgan fingerprint density at radius 3 is 2.75 bits per heavy atom. The van der Waals surface area contributed by atoms with Crippen LogP contribution in [0.25, 0.3) is 0 Å². The smallest absolute Gasteiger partial charge is 0.144 e. The first-order valence-electron chi connectivity index (χ1n) is 5.38. The van der Waals surface area contributed by atoms with Crippen LogP contribution in [0.1, 0.15) is 18.4 Å². The molecule has 0 aliphatic heterocycles. The molecule has 4 heteroatoms. The zero-order valence-corrected chi connectivity index (χ0v) is 10.5. The highest BCUT2D eigenvalue weighted by Crippen LogP contribution is 2.31. The van der Waals surface area contributed by atoms with E-state index >= 15 is 0 Å². The Kier molecular flexibility index (Phi) is 5.43. The monoisotopic (exact) mass is 243 g/mol. The molecule has 0 unspecified atom stereocenters. The van der Waals surface area contributed by atoms with Gasteiger partial charge in [0.25, 0.3) is 0 Å². The molecule has 0 saturated heterocycles. The van der Waals surface area contributed by atoms with Crippen molar-refractivity contribution >= 4 is 17.3 Å². The van der Waals surface area contributed by atoms with E-state index in [0.717, 1.165) is 36.4 Å². The molecular weight excluding hydrogens is 226 g/mol. The van der Waals surface area contributed by atoms with E-state index in [1.807, 2.05) is 19.1 Å². The van der Waals surface area contributed by atoms with Gasteiger partial charge in [-0.2, -0.15) is 0 Å². The molecule has 1 aromatic carbocycles. The molecule has 3 nitrogen and oxygen atoms in total. The molecule has 90 valence electrons. The van der Waals surface area contributed by atoms with Crippen molar-refractivity contribution < 1.29 is 9.84 Å². The second-order valence-electron chi connectivity index (χ2n) is 3.66. The van der Waals surface area contributed by atoms with Gasteiger partial charge in [0.1, 0.15) is 5.75 Å². The number of halogens is 1. The van der Waals surface area contributed by atoms with Crippen LogP contribution in [-0.2, 0) is 0 Å². The standard InChI is InChI=1S/C12H18ClNO2/c1-9-7-10(13)8-11(12(9)16-2)14-5-3-4-6-15/h7-8,14-15H,3-6H2,1-2H3. The number of ether oxygens (including phenoxy) is 1. The quantitative estimate of drug-likeness (QED) is 0.755. The number of benzene rings is 1. The molecule has 0 atom stereocenters. The van der Waals surface area contributed by atoms with Crippen LogP contribution in [0.15, 0.2) is 12.1 Å². The third-order valence-corrected chi connectivity index (χ3v) is 2.56. The molecule has 0 aliphatic carbocycles. The summed E-state index contributed by atoms with van der Waals surface area (Å²) in [4.78, 5) is 0. The van der Waals surface area contributed by atoms with Crippen LogP contribution in [0.3, 0.4) is 0 Å². The van der Waals surface area contributed by atoms with Crippen molar-refractivity contribution in [3.8, 4) is 5.75 Å². The van der Waals surface area contributed by atoms with Gasteiger partial charge in [-0.15, -0.1) is 0 Å². The summed E-state index contributed by atoms with van der Waals surface area (Å²) >= 11 is 5.98. The fourth-order valence-electron chi connectivity index (χ4n) is 1.59. The lowest BCUT2D eigenvalue weighted by molar-refractivity contribution is 0.286. The van der Waals surface area contributed by atoms with E-state index in [1.54, 1.807) is 7.11 Å². The van der Waals surface area contributed by atoms with Gasteiger partial charge < -0.3 is 15.2 Å². The Morgan fingerprint density at radius 2 is 2.12 bits per heavy atom. The first-order chi connectivity index (χ1) is 7.69. The van der Waals surface area contributed by atoms with Crippen molar-refractivity contribution in [3.05, 3.63) is 22.7 Å². The first-order valence-corrected chi connectivity index (χ1v) is 5.75. The Morgan fingerprint density at radius 1 is 1.38 bits per heavy atom. The summed E-state index contributed by atoms with van der Waals surface area (Å²) in [6.07, 6.45) is 1.72. The van der Waals surface area contributed by atoms with E-state index in [4.69, 9.17) is 21.4 Å². The first kappa shape index (κ1) is 13.1. The number of aliphatic hydroxyl groups is 1. The lowest BCUT2D eigenvalue weighted by Gasteiger charge is -2.13. The van der Waals surface area contributed by atoms with Crippen molar-refractivity contribution in [1.29, 1.82) is 0 Å². The Hall–Kier alpha value is -0.930. The van der Waals surface area contributed by atoms with Crippen LogP contribution in [0.4, 0.5) is 5.69 Å². The van der Waals surface area contributed by atoms with E-state index < -0.39 is 0 Å². The van der Waals surface area contributed by atoms with Gasteiger partial charge >= 0.3 is 0 Å². The summed E-state index contributed by atoms with van der Waals surface area (Å²) in [5.41, 5.74) is 1.92. The number of rotatable bonds is 6. The number of aryl methyl sites for hydroxylation is 1. The molecule has 1 rings (SSSR count). The zero-order valence-electron chi connectivity index (χ0n) is 9.72. The molecule has 0 amide bonds. The molecular formula is C12H18ClNO2.